The number of aliphatic hydroxyl groups is 3. The van der Waals surface area contributed by atoms with Crippen LogP contribution in [0.3, 0.4) is 0 Å². The van der Waals surface area contributed by atoms with Gasteiger partial charge < -0.3 is 36.8 Å². The van der Waals surface area contributed by atoms with Crippen LogP contribution < -0.4 is 16.8 Å². The summed E-state index contributed by atoms with van der Waals surface area (Å²) in [7, 11) is 0. The highest BCUT2D eigenvalue weighted by Crippen LogP contribution is 2.32. The van der Waals surface area contributed by atoms with E-state index in [1.54, 1.807) is 0 Å². The number of carbonyl (C=O) groups is 1. The van der Waals surface area contributed by atoms with Gasteiger partial charge in [-0.1, -0.05) is 20.8 Å². The molecule has 136 valence electrons. The van der Waals surface area contributed by atoms with E-state index >= 15 is 0 Å². The van der Waals surface area contributed by atoms with Gasteiger partial charge >= 0.3 is 0 Å². The van der Waals surface area contributed by atoms with Gasteiger partial charge in [-0.25, -0.2) is 0 Å². The summed E-state index contributed by atoms with van der Waals surface area (Å²) in [6, 6.07) is -0.673. The average Bonchev–Trinajstić information content (AvgIpc) is 2.47. The lowest BCUT2D eigenvalue weighted by Crippen LogP contribution is -2.63. The van der Waals surface area contributed by atoms with Crippen molar-refractivity contribution in [1.82, 2.24) is 5.32 Å². The molecule has 1 amide bonds. The normalized spacial score (nSPS) is 33.3. The molecule has 1 saturated heterocycles. The summed E-state index contributed by atoms with van der Waals surface area (Å²) in [6.07, 6.45) is -4.16. The highest BCUT2D eigenvalue weighted by molar-refractivity contribution is 5.81. The number of nitrogens with one attached hydrogen (secondary N) is 1. The van der Waals surface area contributed by atoms with Crippen molar-refractivity contribution >= 4 is 5.91 Å². The van der Waals surface area contributed by atoms with Crippen molar-refractivity contribution in [2.45, 2.75) is 70.2 Å². The number of ether oxygens (including phenoxy) is 1. The van der Waals surface area contributed by atoms with Crippen molar-refractivity contribution in [3.63, 3.8) is 0 Å². The molecule has 0 bridgehead atoms. The fraction of sp³-hybridized carbons (Fsp3) is 0.933. The standard InChI is InChI=1S/C15H31N3O5/c1-15(2,3)13-12(21)11(20)10(19)9(23-13)7-18-14(22)8(17)5-4-6-16/h8-13,19-21H,4-7,16-17H2,1-3H3,(H,18,22)/t8?,9-,10-,11+,12-,13-/m1/s1. The number of amides is 1. The summed E-state index contributed by atoms with van der Waals surface area (Å²) in [5, 5.41) is 32.7. The number of nitrogens with two attached hydrogens (primary N) is 2. The van der Waals surface area contributed by atoms with Gasteiger partial charge in [0.25, 0.3) is 0 Å². The van der Waals surface area contributed by atoms with Gasteiger partial charge in [0.1, 0.15) is 24.4 Å². The van der Waals surface area contributed by atoms with Gasteiger partial charge in [0.05, 0.1) is 12.1 Å². The largest absolute Gasteiger partial charge is 0.388 e. The maximum absolute atomic E-state index is 11.9. The van der Waals surface area contributed by atoms with Crippen molar-refractivity contribution in [1.29, 1.82) is 0 Å². The van der Waals surface area contributed by atoms with Crippen LogP contribution in [0.1, 0.15) is 33.6 Å². The smallest absolute Gasteiger partial charge is 0.237 e. The monoisotopic (exact) mass is 333 g/mol. The van der Waals surface area contributed by atoms with Gasteiger partial charge in [-0.2, -0.15) is 0 Å². The molecule has 6 atom stereocenters. The van der Waals surface area contributed by atoms with E-state index in [4.69, 9.17) is 16.2 Å². The number of carbonyl (C=O) groups excluding carboxylic acids is 1. The topological polar surface area (TPSA) is 151 Å². The second kappa shape index (κ2) is 8.36. The van der Waals surface area contributed by atoms with Gasteiger partial charge in [0.15, 0.2) is 0 Å². The van der Waals surface area contributed by atoms with E-state index in [1.807, 2.05) is 20.8 Å². The van der Waals surface area contributed by atoms with Gasteiger partial charge in [0.2, 0.25) is 5.91 Å². The SMILES string of the molecule is CC(C)(C)[C@@H]1O[C@H](CNC(=O)C(N)CCCN)[C@@H](O)[C@H](O)[C@H]1O. The first-order chi connectivity index (χ1) is 10.6. The van der Waals surface area contributed by atoms with Crippen LogP contribution in [0.4, 0.5) is 0 Å². The first-order valence-electron chi connectivity index (χ1n) is 8.02. The van der Waals surface area contributed by atoms with Crippen molar-refractivity contribution in [3.8, 4) is 0 Å². The number of aliphatic hydroxyl groups excluding tert-OH is 3. The van der Waals surface area contributed by atoms with Gasteiger partial charge in [-0.15, -0.1) is 0 Å². The Kier molecular flexibility index (Phi) is 7.37. The van der Waals surface area contributed by atoms with Crippen LogP contribution in [0, 0.1) is 5.41 Å². The van der Waals surface area contributed by atoms with Crippen LogP contribution in [0.25, 0.3) is 0 Å². The molecule has 1 aliphatic rings. The lowest BCUT2D eigenvalue weighted by Gasteiger charge is -2.45. The molecule has 1 heterocycles. The molecular weight excluding hydrogens is 302 g/mol. The molecular formula is C15H31N3O5. The zero-order chi connectivity index (χ0) is 17.8. The summed E-state index contributed by atoms with van der Waals surface area (Å²) in [6.45, 7) is 6.06. The van der Waals surface area contributed by atoms with Crippen molar-refractivity contribution < 1.29 is 24.9 Å². The van der Waals surface area contributed by atoms with Crippen molar-refractivity contribution in [2.75, 3.05) is 13.1 Å². The van der Waals surface area contributed by atoms with Crippen molar-refractivity contribution in [2.24, 2.45) is 16.9 Å². The fourth-order valence-electron chi connectivity index (χ4n) is 2.64. The Balaban J connectivity index is 2.63. The van der Waals surface area contributed by atoms with Crippen LogP contribution in [-0.2, 0) is 9.53 Å². The average molecular weight is 333 g/mol. The molecule has 1 rings (SSSR count). The fourth-order valence-corrected chi connectivity index (χ4v) is 2.64. The highest BCUT2D eigenvalue weighted by Gasteiger charge is 2.47. The van der Waals surface area contributed by atoms with Gasteiger partial charge in [-0.05, 0) is 24.8 Å². The molecule has 8 nitrogen and oxygen atoms in total. The number of rotatable bonds is 6. The zero-order valence-electron chi connectivity index (χ0n) is 14.1. The quantitative estimate of drug-likeness (QED) is 0.331. The highest BCUT2D eigenvalue weighted by atomic mass is 16.5. The van der Waals surface area contributed by atoms with Crippen LogP contribution in [0.2, 0.25) is 0 Å². The minimum atomic E-state index is -1.33. The number of hydrogen-bond acceptors (Lipinski definition) is 7. The van der Waals surface area contributed by atoms with E-state index in [-0.39, 0.29) is 12.5 Å². The molecule has 0 saturated carbocycles. The third kappa shape index (κ3) is 5.37. The Labute approximate surface area is 137 Å². The van der Waals surface area contributed by atoms with Crippen LogP contribution >= 0.6 is 0 Å². The molecule has 0 aromatic rings. The van der Waals surface area contributed by atoms with Crippen LogP contribution in [-0.4, -0.2) is 70.9 Å². The van der Waals surface area contributed by atoms with E-state index in [0.29, 0.717) is 19.4 Å². The second-order valence-corrected chi connectivity index (χ2v) is 7.22. The second-order valence-electron chi connectivity index (χ2n) is 7.22. The lowest BCUT2D eigenvalue weighted by atomic mass is 9.80. The van der Waals surface area contributed by atoms with Crippen LogP contribution in [0.5, 0.6) is 0 Å². The predicted octanol–water partition coefficient (Wildman–Crippen LogP) is -1.93. The Morgan fingerprint density at radius 2 is 1.83 bits per heavy atom. The maximum atomic E-state index is 11.9. The summed E-state index contributed by atoms with van der Waals surface area (Å²) in [4.78, 5) is 11.9. The van der Waals surface area contributed by atoms with E-state index in [1.165, 1.54) is 0 Å². The predicted molar refractivity (Wildman–Crippen MR) is 85.4 cm³/mol. The molecule has 0 aromatic heterocycles. The molecule has 0 spiro atoms. The van der Waals surface area contributed by atoms with E-state index in [0.717, 1.165) is 0 Å². The van der Waals surface area contributed by atoms with Crippen molar-refractivity contribution in [3.05, 3.63) is 0 Å². The van der Waals surface area contributed by atoms with E-state index in [9.17, 15) is 20.1 Å². The summed E-state index contributed by atoms with van der Waals surface area (Å²) >= 11 is 0. The minimum absolute atomic E-state index is 0.00663. The first kappa shape index (κ1) is 20.3. The summed E-state index contributed by atoms with van der Waals surface area (Å²) in [5.41, 5.74) is 10.7. The summed E-state index contributed by atoms with van der Waals surface area (Å²) < 4.78 is 5.72. The van der Waals surface area contributed by atoms with E-state index in [2.05, 4.69) is 5.32 Å². The first-order valence-corrected chi connectivity index (χ1v) is 8.02. The molecule has 8 heteroatoms. The summed E-state index contributed by atoms with van der Waals surface area (Å²) in [5.74, 6) is -0.359. The maximum Gasteiger partial charge on any atom is 0.237 e. The Hall–Kier alpha value is -0.770. The Morgan fingerprint density at radius 1 is 1.22 bits per heavy atom. The third-order valence-electron chi connectivity index (χ3n) is 4.10. The van der Waals surface area contributed by atoms with Gasteiger partial charge in [0, 0.05) is 6.54 Å². The van der Waals surface area contributed by atoms with Gasteiger partial charge in [-0.3, -0.25) is 4.79 Å². The van der Waals surface area contributed by atoms with Crippen LogP contribution in [0.15, 0.2) is 0 Å². The zero-order valence-corrected chi connectivity index (χ0v) is 14.1. The Bertz CT molecular complexity index is 388. The molecule has 0 aromatic carbocycles. The molecule has 0 radical (unpaired) electrons. The molecule has 1 fully saturated rings. The molecule has 23 heavy (non-hydrogen) atoms. The Morgan fingerprint density at radius 3 is 2.35 bits per heavy atom. The van der Waals surface area contributed by atoms with E-state index < -0.39 is 42.0 Å². The third-order valence-corrected chi connectivity index (χ3v) is 4.10. The molecule has 1 aliphatic heterocycles. The molecule has 8 N–H and O–H groups in total. The number of hydrogen-bond donors (Lipinski definition) is 6. The molecule has 0 aliphatic carbocycles. The minimum Gasteiger partial charge on any atom is -0.388 e. The molecule has 1 unspecified atom stereocenters. The lowest BCUT2D eigenvalue weighted by molar-refractivity contribution is -0.242.